The van der Waals surface area contributed by atoms with Crippen molar-refractivity contribution in [3.8, 4) is 0 Å². The Morgan fingerprint density at radius 3 is 2.76 bits per heavy atom. The summed E-state index contributed by atoms with van der Waals surface area (Å²) < 4.78 is 26.1. The molecule has 0 aliphatic heterocycles. The number of halogens is 2. The summed E-state index contributed by atoms with van der Waals surface area (Å²) in [5.41, 5.74) is 0.0691. The number of amides is 1. The first-order valence-corrected chi connectivity index (χ1v) is 5.41. The molecule has 1 unspecified atom stereocenters. The van der Waals surface area contributed by atoms with Gasteiger partial charge in [0.2, 0.25) is 5.91 Å². The van der Waals surface area contributed by atoms with Crippen LogP contribution in [0.15, 0.2) is 18.2 Å². The van der Waals surface area contributed by atoms with E-state index in [9.17, 15) is 13.6 Å². The van der Waals surface area contributed by atoms with E-state index in [0.29, 0.717) is 6.54 Å². The Bertz CT molecular complexity index is 396. The number of nitrogens with one attached hydrogen (secondary N) is 2. The van der Waals surface area contributed by atoms with Gasteiger partial charge in [-0.15, -0.1) is 0 Å². The molecule has 0 aliphatic carbocycles. The van der Waals surface area contributed by atoms with Crippen molar-refractivity contribution in [2.24, 2.45) is 0 Å². The van der Waals surface area contributed by atoms with E-state index in [1.54, 1.807) is 7.05 Å². The van der Waals surface area contributed by atoms with Crippen molar-refractivity contribution in [1.82, 2.24) is 10.6 Å². The van der Waals surface area contributed by atoms with Crippen molar-refractivity contribution in [3.05, 3.63) is 35.4 Å². The van der Waals surface area contributed by atoms with Gasteiger partial charge in [0.05, 0.1) is 6.42 Å². The van der Waals surface area contributed by atoms with E-state index in [0.717, 1.165) is 6.07 Å². The summed E-state index contributed by atoms with van der Waals surface area (Å²) in [7, 11) is 1.78. The van der Waals surface area contributed by atoms with Gasteiger partial charge in [-0.25, -0.2) is 8.78 Å². The van der Waals surface area contributed by atoms with Crippen LogP contribution in [0, 0.1) is 11.6 Å². The molecule has 0 radical (unpaired) electrons. The zero-order chi connectivity index (χ0) is 12.8. The van der Waals surface area contributed by atoms with Gasteiger partial charge in [-0.05, 0) is 20.0 Å². The molecular formula is C12H16F2N2O. The Balaban J connectivity index is 2.54. The normalized spacial score (nSPS) is 12.2. The maximum absolute atomic E-state index is 13.3. The standard InChI is InChI=1S/C12H16F2N2O/c1-8(15-2)7-16-11(17)6-9-4-3-5-10(13)12(9)14/h3-5,8,15H,6-7H2,1-2H3,(H,16,17). The number of hydrogen-bond donors (Lipinski definition) is 2. The fourth-order valence-electron chi connectivity index (χ4n) is 1.29. The first-order chi connectivity index (χ1) is 8.04. The van der Waals surface area contributed by atoms with Crippen LogP contribution in [0.2, 0.25) is 0 Å². The molecule has 17 heavy (non-hydrogen) atoms. The van der Waals surface area contributed by atoms with Crippen LogP contribution in [0.5, 0.6) is 0 Å². The van der Waals surface area contributed by atoms with Crippen LogP contribution in [-0.4, -0.2) is 25.5 Å². The van der Waals surface area contributed by atoms with E-state index in [2.05, 4.69) is 10.6 Å². The number of likely N-dealkylation sites (N-methyl/N-ethyl adjacent to an activating group) is 1. The topological polar surface area (TPSA) is 41.1 Å². The molecule has 0 fully saturated rings. The van der Waals surface area contributed by atoms with Gasteiger partial charge in [-0.3, -0.25) is 4.79 Å². The molecule has 0 saturated heterocycles. The minimum absolute atomic E-state index is 0.0691. The number of rotatable bonds is 5. The molecule has 1 rings (SSSR count). The Hall–Kier alpha value is -1.49. The van der Waals surface area contributed by atoms with E-state index in [1.165, 1.54) is 12.1 Å². The lowest BCUT2D eigenvalue weighted by molar-refractivity contribution is -0.120. The summed E-state index contributed by atoms with van der Waals surface area (Å²) in [6.45, 7) is 2.36. The van der Waals surface area contributed by atoms with Gasteiger partial charge in [0.15, 0.2) is 11.6 Å². The average Bonchev–Trinajstić information content (AvgIpc) is 2.32. The number of carbonyl (C=O) groups excluding carboxylic acids is 1. The largest absolute Gasteiger partial charge is 0.354 e. The summed E-state index contributed by atoms with van der Waals surface area (Å²) in [6.07, 6.45) is -0.153. The smallest absolute Gasteiger partial charge is 0.224 e. The molecule has 5 heteroatoms. The van der Waals surface area contributed by atoms with Gasteiger partial charge in [-0.1, -0.05) is 12.1 Å². The zero-order valence-electron chi connectivity index (χ0n) is 9.89. The van der Waals surface area contributed by atoms with Gasteiger partial charge in [0.1, 0.15) is 0 Å². The molecule has 0 heterocycles. The monoisotopic (exact) mass is 242 g/mol. The van der Waals surface area contributed by atoms with Crippen molar-refractivity contribution < 1.29 is 13.6 Å². The second kappa shape index (κ2) is 6.30. The van der Waals surface area contributed by atoms with Crippen molar-refractivity contribution >= 4 is 5.91 Å². The average molecular weight is 242 g/mol. The van der Waals surface area contributed by atoms with Crippen molar-refractivity contribution in [3.63, 3.8) is 0 Å². The Morgan fingerprint density at radius 2 is 2.12 bits per heavy atom. The number of benzene rings is 1. The van der Waals surface area contributed by atoms with Crippen LogP contribution in [0.4, 0.5) is 8.78 Å². The molecule has 0 saturated carbocycles. The zero-order valence-corrected chi connectivity index (χ0v) is 9.89. The molecule has 0 aliphatic rings. The van der Waals surface area contributed by atoms with Gasteiger partial charge >= 0.3 is 0 Å². The highest BCUT2D eigenvalue weighted by Gasteiger charge is 2.11. The van der Waals surface area contributed by atoms with Gasteiger partial charge in [0.25, 0.3) is 0 Å². The summed E-state index contributed by atoms with van der Waals surface area (Å²) in [6, 6.07) is 3.95. The first kappa shape index (κ1) is 13.6. The highest BCUT2D eigenvalue weighted by molar-refractivity contribution is 5.78. The highest BCUT2D eigenvalue weighted by Crippen LogP contribution is 2.11. The first-order valence-electron chi connectivity index (χ1n) is 5.41. The SMILES string of the molecule is CNC(C)CNC(=O)Cc1cccc(F)c1F. The van der Waals surface area contributed by atoms with Crippen LogP contribution in [0.1, 0.15) is 12.5 Å². The van der Waals surface area contributed by atoms with Crippen LogP contribution >= 0.6 is 0 Å². The third kappa shape index (κ3) is 4.11. The second-order valence-corrected chi connectivity index (χ2v) is 3.88. The van der Waals surface area contributed by atoms with E-state index in [4.69, 9.17) is 0 Å². The molecule has 1 aromatic carbocycles. The molecule has 1 atom stereocenters. The van der Waals surface area contributed by atoms with Crippen LogP contribution in [0.3, 0.4) is 0 Å². The lowest BCUT2D eigenvalue weighted by Gasteiger charge is -2.11. The molecular weight excluding hydrogens is 226 g/mol. The summed E-state index contributed by atoms with van der Waals surface area (Å²) in [4.78, 5) is 11.5. The van der Waals surface area contributed by atoms with Crippen LogP contribution in [-0.2, 0) is 11.2 Å². The summed E-state index contributed by atoms with van der Waals surface area (Å²) in [5.74, 6) is -2.21. The lowest BCUT2D eigenvalue weighted by Crippen LogP contribution is -2.37. The number of hydrogen-bond acceptors (Lipinski definition) is 2. The lowest BCUT2D eigenvalue weighted by atomic mass is 10.1. The molecule has 1 aromatic rings. The molecule has 0 spiro atoms. The molecule has 0 aromatic heterocycles. The molecule has 1 amide bonds. The molecule has 0 bridgehead atoms. The minimum atomic E-state index is -0.954. The third-order valence-electron chi connectivity index (χ3n) is 2.48. The van der Waals surface area contributed by atoms with Crippen LogP contribution < -0.4 is 10.6 Å². The maximum atomic E-state index is 13.3. The Kier molecular flexibility index (Phi) is 5.03. The van der Waals surface area contributed by atoms with E-state index in [1.807, 2.05) is 6.92 Å². The van der Waals surface area contributed by atoms with Crippen molar-refractivity contribution in [2.45, 2.75) is 19.4 Å². The van der Waals surface area contributed by atoms with E-state index < -0.39 is 11.6 Å². The molecule has 94 valence electrons. The second-order valence-electron chi connectivity index (χ2n) is 3.88. The van der Waals surface area contributed by atoms with Crippen LogP contribution in [0.25, 0.3) is 0 Å². The Morgan fingerprint density at radius 1 is 1.41 bits per heavy atom. The van der Waals surface area contributed by atoms with Gasteiger partial charge < -0.3 is 10.6 Å². The van der Waals surface area contributed by atoms with E-state index in [-0.39, 0.29) is 23.9 Å². The fourth-order valence-corrected chi connectivity index (χ4v) is 1.29. The third-order valence-corrected chi connectivity index (χ3v) is 2.48. The predicted octanol–water partition coefficient (Wildman–Crippen LogP) is 1.23. The predicted molar refractivity (Wildman–Crippen MR) is 61.6 cm³/mol. The van der Waals surface area contributed by atoms with Crippen molar-refractivity contribution in [2.75, 3.05) is 13.6 Å². The maximum Gasteiger partial charge on any atom is 0.224 e. The van der Waals surface area contributed by atoms with Gasteiger partial charge in [0, 0.05) is 18.2 Å². The van der Waals surface area contributed by atoms with Gasteiger partial charge in [-0.2, -0.15) is 0 Å². The van der Waals surface area contributed by atoms with E-state index >= 15 is 0 Å². The number of carbonyl (C=O) groups is 1. The summed E-state index contributed by atoms with van der Waals surface area (Å²) in [5, 5.41) is 5.59. The Labute approximate surface area is 99.2 Å². The molecule has 2 N–H and O–H groups in total. The highest BCUT2D eigenvalue weighted by atomic mass is 19.2. The molecule has 3 nitrogen and oxygen atoms in total. The minimum Gasteiger partial charge on any atom is -0.354 e. The quantitative estimate of drug-likeness (QED) is 0.815. The van der Waals surface area contributed by atoms with Crippen molar-refractivity contribution in [1.29, 1.82) is 0 Å². The fraction of sp³-hybridized carbons (Fsp3) is 0.417. The summed E-state index contributed by atoms with van der Waals surface area (Å²) >= 11 is 0.